The highest BCUT2D eigenvalue weighted by molar-refractivity contribution is 6.07. The van der Waals surface area contributed by atoms with E-state index in [1.165, 1.54) is 21.3 Å². The first-order valence-electron chi connectivity index (χ1n) is 10.9. The third-order valence-electron chi connectivity index (χ3n) is 6.06. The Bertz CT molecular complexity index is 1140. The molecule has 4 rings (SSSR count). The van der Waals surface area contributed by atoms with Crippen molar-refractivity contribution in [2.45, 2.75) is 18.9 Å². The minimum Gasteiger partial charge on any atom is -0.493 e. The van der Waals surface area contributed by atoms with Crippen LogP contribution in [0.15, 0.2) is 54.6 Å². The van der Waals surface area contributed by atoms with Gasteiger partial charge in [0, 0.05) is 30.3 Å². The van der Waals surface area contributed by atoms with Crippen LogP contribution in [-0.4, -0.2) is 57.2 Å². The molecule has 1 N–H and O–H groups in total. The molecule has 7 nitrogen and oxygen atoms in total. The van der Waals surface area contributed by atoms with E-state index in [4.69, 9.17) is 14.2 Å². The van der Waals surface area contributed by atoms with Crippen molar-refractivity contribution in [3.05, 3.63) is 65.7 Å². The van der Waals surface area contributed by atoms with Crippen LogP contribution in [0.2, 0.25) is 0 Å². The van der Waals surface area contributed by atoms with Crippen molar-refractivity contribution in [1.82, 2.24) is 10.2 Å². The molecule has 0 atom stereocenters. The van der Waals surface area contributed by atoms with Crippen LogP contribution in [0.4, 0.5) is 0 Å². The van der Waals surface area contributed by atoms with Gasteiger partial charge in [0.25, 0.3) is 11.8 Å². The highest BCUT2D eigenvalue weighted by Crippen LogP contribution is 2.38. The Morgan fingerprint density at radius 3 is 2.15 bits per heavy atom. The Balaban J connectivity index is 1.41. The molecule has 1 saturated heterocycles. The summed E-state index contributed by atoms with van der Waals surface area (Å²) in [5.74, 6) is 1.11. The van der Waals surface area contributed by atoms with E-state index in [0.717, 1.165) is 10.8 Å². The minimum absolute atomic E-state index is 0.0202. The predicted molar refractivity (Wildman–Crippen MR) is 126 cm³/mol. The molecular formula is C26H28N2O5. The van der Waals surface area contributed by atoms with Crippen LogP contribution in [0, 0.1) is 0 Å². The Kier molecular flexibility index (Phi) is 6.68. The Labute approximate surface area is 193 Å². The highest BCUT2D eigenvalue weighted by Gasteiger charge is 2.26. The molecule has 1 fully saturated rings. The number of hydrogen-bond donors (Lipinski definition) is 1. The van der Waals surface area contributed by atoms with Gasteiger partial charge in [-0.05, 0) is 41.8 Å². The summed E-state index contributed by atoms with van der Waals surface area (Å²) < 4.78 is 16.0. The highest BCUT2D eigenvalue weighted by atomic mass is 16.5. The van der Waals surface area contributed by atoms with Crippen molar-refractivity contribution in [1.29, 1.82) is 0 Å². The average molecular weight is 449 g/mol. The SMILES string of the molecule is COc1cc(C(=O)NC2CCN(C(=O)c3cccc4ccccc34)CC2)cc(OC)c1OC. The van der Waals surface area contributed by atoms with Gasteiger partial charge in [-0.25, -0.2) is 0 Å². The van der Waals surface area contributed by atoms with E-state index in [2.05, 4.69) is 5.32 Å². The zero-order valence-corrected chi connectivity index (χ0v) is 19.1. The quantitative estimate of drug-likeness (QED) is 0.619. The second-order valence-corrected chi connectivity index (χ2v) is 7.98. The zero-order chi connectivity index (χ0) is 23.4. The Morgan fingerprint density at radius 2 is 1.52 bits per heavy atom. The summed E-state index contributed by atoms with van der Waals surface area (Å²) in [5, 5.41) is 5.09. The van der Waals surface area contributed by atoms with Crippen LogP contribution < -0.4 is 19.5 Å². The number of carbonyl (C=O) groups is 2. The number of carbonyl (C=O) groups excluding carboxylic acids is 2. The number of nitrogens with zero attached hydrogens (tertiary/aromatic N) is 1. The molecule has 1 heterocycles. The van der Waals surface area contributed by atoms with Gasteiger partial charge in [0.1, 0.15) is 0 Å². The van der Waals surface area contributed by atoms with Gasteiger partial charge in [0.05, 0.1) is 21.3 Å². The van der Waals surface area contributed by atoms with Gasteiger partial charge in [-0.3, -0.25) is 9.59 Å². The maximum Gasteiger partial charge on any atom is 0.254 e. The summed E-state index contributed by atoms with van der Waals surface area (Å²) in [4.78, 5) is 27.9. The fourth-order valence-electron chi connectivity index (χ4n) is 4.29. The molecule has 0 radical (unpaired) electrons. The van der Waals surface area contributed by atoms with E-state index in [0.29, 0.717) is 54.3 Å². The maximum atomic E-state index is 13.2. The average Bonchev–Trinajstić information content (AvgIpc) is 2.87. The van der Waals surface area contributed by atoms with Crippen molar-refractivity contribution >= 4 is 22.6 Å². The fourth-order valence-corrected chi connectivity index (χ4v) is 4.29. The van der Waals surface area contributed by atoms with E-state index in [1.807, 2.05) is 47.4 Å². The van der Waals surface area contributed by atoms with Crippen LogP contribution >= 0.6 is 0 Å². The fraction of sp³-hybridized carbons (Fsp3) is 0.308. The number of nitrogens with one attached hydrogen (secondary N) is 1. The summed E-state index contributed by atoms with van der Waals surface area (Å²) in [7, 11) is 4.55. The van der Waals surface area contributed by atoms with Gasteiger partial charge in [-0.1, -0.05) is 36.4 Å². The zero-order valence-electron chi connectivity index (χ0n) is 19.1. The molecule has 1 aliphatic heterocycles. The first-order chi connectivity index (χ1) is 16.0. The summed E-state index contributed by atoms with van der Waals surface area (Å²) in [6, 6.07) is 17.0. The molecule has 33 heavy (non-hydrogen) atoms. The van der Waals surface area contributed by atoms with Crippen molar-refractivity contribution in [2.24, 2.45) is 0 Å². The molecule has 0 bridgehead atoms. The topological polar surface area (TPSA) is 77.1 Å². The van der Waals surface area contributed by atoms with Crippen molar-refractivity contribution in [2.75, 3.05) is 34.4 Å². The van der Waals surface area contributed by atoms with E-state index >= 15 is 0 Å². The molecule has 1 aliphatic rings. The molecule has 0 aliphatic carbocycles. The number of amides is 2. The van der Waals surface area contributed by atoms with Crippen molar-refractivity contribution in [3.8, 4) is 17.2 Å². The van der Waals surface area contributed by atoms with Crippen LogP contribution in [0.25, 0.3) is 10.8 Å². The number of hydrogen-bond acceptors (Lipinski definition) is 5. The van der Waals surface area contributed by atoms with Gasteiger partial charge >= 0.3 is 0 Å². The van der Waals surface area contributed by atoms with Gasteiger partial charge in [0.2, 0.25) is 5.75 Å². The molecule has 3 aromatic rings. The third kappa shape index (κ3) is 4.58. The first kappa shape index (κ1) is 22.5. The lowest BCUT2D eigenvalue weighted by molar-refractivity contribution is 0.0700. The number of rotatable bonds is 6. The Hall–Kier alpha value is -3.74. The second kappa shape index (κ2) is 9.81. The van der Waals surface area contributed by atoms with Crippen LogP contribution in [0.5, 0.6) is 17.2 Å². The minimum atomic E-state index is -0.215. The first-order valence-corrected chi connectivity index (χ1v) is 10.9. The van der Waals surface area contributed by atoms with E-state index < -0.39 is 0 Å². The van der Waals surface area contributed by atoms with Crippen molar-refractivity contribution in [3.63, 3.8) is 0 Å². The van der Waals surface area contributed by atoms with E-state index in [-0.39, 0.29) is 17.9 Å². The molecule has 0 unspecified atom stereocenters. The van der Waals surface area contributed by atoms with Gasteiger partial charge in [-0.15, -0.1) is 0 Å². The number of benzene rings is 3. The van der Waals surface area contributed by atoms with Crippen LogP contribution in [0.3, 0.4) is 0 Å². The maximum absolute atomic E-state index is 13.2. The second-order valence-electron chi connectivity index (χ2n) is 7.98. The lowest BCUT2D eigenvalue weighted by Crippen LogP contribution is -2.46. The number of fused-ring (bicyclic) bond motifs is 1. The van der Waals surface area contributed by atoms with E-state index in [9.17, 15) is 9.59 Å². The molecule has 0 aromatic heterocycles. The normalized spacial score (nSPS) is 14.1. The molecule has 0 saturated carbocycles. The summed E-state index contributed by atoms with van der Waals surface area (Å²) in [5.41, 5.74) is 1.15. The number of piperidine rings is 1. The summed E-state index contributed by atoms with van der Waals surface area (Å²) in [6.07, 6.45) is 1.37. The number of likely N-dealkylation sites (tertiary alicyclic amines) is 1. The van der Waals surface area contributed by atoms with Crippen LogP contribution in [0.1, 0.15) is 33.6 Å². The van der Waals surface area contributed by atoms with E-state index in [1.54, 1.807) is 12.1 Å². The van der Waals surface area contributed by atoms with Crippen molar-refractivity contribution < 1.29 is 23.8 Å². The standard InChI is InChI=1S/C26H28N2O5/c1-31-22-15-18(16-23(32-2)24(22)33-3)25(29)27-19-11-13-28(14-12-19)26(30)21-10-6-8-17-7-4-5-9-20(17)21/h4-10,15-16,19H,11-14H2,1-3H3,(H,27,29). The summed E-state index contributed by atoms with van der Waals surface area (Å²) in [6.45, 7) is 1.17. The summed E-state index contributed by atoms with van der Waals surface area (Å²) >= 11 is 0. The molecule has 172 valence electrons. The molecule has 3 aromatic carbocycles. The predicted octanol–water partition coefficient (Wildman–Crippen LogP) is 3.90. The largest absolute Gasteiger partial charge is 0.493 e. The van der Waals surface area contributed by atoms with Gasteiger partial charge in [-0.2, -0.15) is 0 Å². The monoisotopic (exact) mass is 448 g/mol. The lowest BCUT2D eigenvalue weighted by Gasteiger charge is -2.32. The molecule has 7 heteroatoms. The number of methoxy groups -OCH3 is 3. The van der Waals surface area contributed by atoms with Gasteiger partial charge < -0.3 is 24.4 Å². The van der Waals surface area contributed by atoms with Crippen LogP contribution in [-0.2, 0) is 0 Å². The van der Waals surface area contributed by atoms with Gasteiger partial charge in [0.15, 0.2) is 11.5 Å². The lowest BCUT2D eigenvalue weighted by atomic mass is 10.0. The molecule has 0 spiro atoms. The third-order valence-corrected chi connectivity index (χ3v) is 6.06. The number of ether oxygens (including phenoxy) is 3. The molecular weight excluding hydrogens is 420 g/mol. The Morgan fingerprint density at radius 1 is 0.879 bits per heavy atom. The molecule has 2 amide bonds. The smallest absolute Gasteiger partial charge is 0.254 e.